The minimum atomic E-state index is -0.376. The molecule has 1 aliphatic rings. The summed E-state index contributed by atoms with van der Waals surface area (Å²) < 4.78 is 19.2. The molecule has 0 spiro atoms. The second-order valence-electron chi connectivity index (χ2n) is 4.33. The highest BCUT2D eigenvalue weighted by molar-refractivity contribution is 5.77. The molecule has 2 nitrogen and oxygen atoms in total. The molecule has 90 valence electrons. The van der Waals surface area contributed by atoms with Crippen LogP contribution in [0.15, 0.2) is 36.4 Å². The summed E-state index contributed by atoms with van der Waals surface area (Å²) in [6, 6.07) is 10.3. The van der Waals surface area contributed by atoms with Crippen LogP contribution in [0.4, 0.5) is 4.39 Å². The van der Waals surface area contributed by atoms with Crippen LogP contribution in [0.25, 0.3) is 11.1 Å². The summed E-state index contributed by atoms with van der Waals surface area (Å²) in [5.41, 5.74) is 3.93. The minimum Gasteiger partial charge on any atom is -0.372 e. The van der Waals surface area contributed by atoms with Crippen molar-refractivity contribution in [3.05, 3.63) is 58.9 Å². The lowest BCUT2D eigenvalue weighted by atomic mass is 9.99. The van der Waals surface area contributed by atoms with Gasteiger partial charge in [-0.05, 0) is 28.8 Å². The molecule has 2 aromatic rings. The molecule has 1 heterocycles. The third kappa shape index (κ3) is 1.83. The molecule has 0 aliphatic carbocycles. The molecule has 0 atom stereocenters. The number of carbonyl (C=O) groups excluding carboxylic acids is 1. The third-order valence-electron chi connectivity index (χ3n) is 3.16. The first kappa shape index (κ1) is 11.1. The van der Waals surface area contributed by atoms with Gasteiger partial charge in [0, 0.05) is 11.1 Å². The highest BCUT2D eigenvalue weighted by Crippen LogP contribution is 2.28. The lowest BCUT2D eigenvalue weighted by Gasteiger charge is -2.06. The molecular weight excluding hydrogens is 231 g/mol. The Balaban J connectivity index is 2.07. The zero-order valence-corrected chi connectivity index (χ0v) is 9.65. The Morgan fingerprint density at radius 3 is 2.67 bits per heavy atom. The van der Waals surface area contributed by atoms with Gasteiger partial charge in [-0.25, -0.2) is 4.39 Å². The Hall–Kier alpha value is -2.00. The molecule has 0 saturated heterocycles. The SMILES string of the molecule is O=Cc1ccc(-c2ccc3c(c2)COC3)c(F)c1. The monoisotopic (exact) mass is 242 g/mol. The summed E-state index contributed by atoms with van der Waals surface area (Å²) >= 11 is 0. The number of rotatable bonds is 2. The first-order chi connectivity index (χ1) is 8.78. The molecule has 0 N–H and O–H groups in total. The molecule has 18 heavy (non-hydrogen) atoms. The molecule has 0 radical (unpaired) electrons. The lowest BCUT2D eigenvalue weighted by molar-refractivity contribution is 0.112. The lowest BCUT2D eigenvalue weighted by Crippen LogP contribution is -1.90. The molecule has 1 aliphatic heterocycles. The molecule has 0 fully saturated rings. The first-order valence-corrected chi connectivity index (χ1v) is 5.72. The quantitative estimate of drug-likeness (QED) is 0.755. The number of hydrogen-bond donors (Lipinski definition) is 0. The van der Waals surface area contributed by atoms with E-state index in [0.717, 1.165) is 16.7 Å². The summed E-state index contributed by atoms with van der Waals surface area (Å²) in [6.07, 6.45) is 0.642. The van der Waals surface area contributed by atoms with Gasteiger partial charge >= 0.3 is 0 Å². The maximum absolute atomic E-state index is 13.9. The second-order valence-corrected chi connectivity index (χ2v) is 4.33. The van der Waals surface area contributed by atoms with Gasteiger partial charge in [0.15, 0.2) is 0 Å². The minimum absolute atomic E-state index is 0.348. The molecule has 0 amide bonds. The van der Waals surface area contributed by atoms with Crippen molar-refractivity contribution in [2.45, 2.75) is 13.2 Å². The fraction of sp³-hybridized carbons (Fsp3) is 0.133. The van der Waals surface area contributed by atoms with Gasteiger partial charge < -0.3 is 4.74 Å². The van der Waals surface area contributed by atoms with Crippen LogP contribution in [-0.2, 0) is 18.0 Å². The average Bonchev–Trinajstić information content (AvgIpc) is 2.85. The van der Waals surface area contributed by atoms with Crippen molar-refractivity contribution in [1.29, 1.82) is 0 Å². The zero-order valence-electron chi connectivity index (χ0n) is 9.65. The fourth-order valence-corrected chi connectivity index (χ4v) is 2.18. The van der Waals surface area contributed by atoms with Crippen LogP contribution >= 0.6 is 0 Å². The highest BCUT2D eigenvalue weighted by atomic mass is 19.1. The summed E-state index contributed by atoms with van der Waals surface area (Å²) in [7, 11) is 0. The molecule has 3 heteroatoms. The maximum Gasteiger partial charge on any atom is 0.150 e. The fourth-order valence-electron chi connectivity index (χ4n) is 2.18. The van der Waals surface area contributed by atoms with Gasteiger partial charge in [0.25, 0.3) is 0 Å². The van der Waals surface area contributed by atoms with Gasteiger partial charge in [-0.1, -0.05) is 24.3 Å². The normalized spacial score (nSPS) is 13.4. The number of fused-ring (bicyclic) bond motifs is 1. The van der Waals surface area contributed by atoms with E-state index in [9.17, 15) is 9.18 Å². The van der Waals surface area contributed by atoms with Gasteiger partial charge in [-0.2, -0.15) is 0 Å². The predicted molar refractivity (Wildman–Crippen MR) is 65.7 cm³/mol. The topological polar surface area (TPSA) is 26.3 Å². The van der Waals surface area contributed by atoms with Crippen molar-refractivity contribution in [2.24, 2.45) is 0 Å². The molecule has 0 unspecified atom stereocenters. The van der Waals surface area contributed by atoms with Crippen LogP contribution in [0, 0.1) is 5.82 Å². The molecule has 0 bridgehead atoms. The Morgan fingerprint density at radius 2 is 1.89 bits per heavy atom. The van der Waals surface area contributed by atoms with Crippen LogP contribution in [-0.4, -0.2) is 6.29 Å². The van der Waals surface area contributed by atoms with E-state index < -0.39 is 0 Å². The first-order valence-electron chi connectivity index (χ1n) is 5.72. The molecule has 0 saturated carbocycles. The number of benzene rings is 2. The molecular formula is C15H11FO2. The third-order valence-corrected chi connectivity index (χ3v) is 3.16. The summed E-state index contributed by atoms with van der Waals surface area (Å²) in [6.45, 7) is 1.21. The van der Waals surface area contributed by atoms with Crippen molar-refractivity contribution in [2.75, 3.05) is 0 Å². The van der Waals surface area contributed by atoms with Crippen molar-refractivity contribution in [1.82, 2.24) is 0 Å². The standard InChI is InChI=1S/C15H11FO2/c16-15-5-10(7-17)1-4-14(15)11-2-3-12-8-18-9-13(12)6-11/h1-7H,8-9H2. The number of ether oxygens (including phenoxy) is 1. The van der Waals surface area contributed by atoms with E-state index in [0.29, 0.717) is 30.6 Å². The largest absolute Gasteiger partial charge is 0.372 e. The number of carbonyl (C=O) groups is 1. The van der Waals surface area contributed by atoms with Crippen LogP contribution in [0.3, 0.4) is 0 Å². The Morgan fingerprint density at radius 1 is 1.06 bits per heavy atom. The smallest absolute Gasteiger partial charge is 0.150 e. The van der Waals surface area contributed by atoms with E-state index in [1.165, 1.54) is 6.07 Å². The summed E-state index contributed by atoms with van der Waals surface area (Å²) in [5.74, 6) is -0.376. The zero-order chi connectivity index (χ0) is 12.5. The van der Waals surface area contributed by atoms with Crippen molar-refractivity contribution >= 4 is 6.29 Å². The van der Waals surface area contributed by atoms with E-state index in [4.69, 9.17) is 4.74 Å². The van der Waals surface area contributed by atoms with Gasteiger partial charge in [0.05, 0.1) is 13.2 Å². The van der Waals surface area contributed by atoms with E-state index in [-0.39, 0.29) is 5.82 Å². The van der Waals surface area contributed by atoms with Gasteiger partial charge in [-0.3, -0.25) is 4.79 Å². The van der Waals surface area contributed by atoms with Crippen molar-refractivity contribution in [3.63, 3.8) is 0 Å². The number of halogens is 1. The Labute approximate surface area is 104 Å². The van der Waals surface area contributed by atoms with E-state index in [1.54, 1.807) is 12.1 Å². The van der Waals surface area contributed by atoms with Gasteiger partial charge in [0.1, 0.15) is 12.1 Å². The molecule has 3 rings (SSSR count). The van der Waals surface area contributed by atoms with E-state index >= 15 is 0 Å². The summed E-state index contributed by atoms with van der Waals surface area (Å²) in [5, 5.41) is 0. The van der Waals surface area contributed by atoms with Crippen molar-refractivity contribution in [3.8, 4) is 11.1 Å². The van der Waals surface area contributed by atoms with Gasteiger partial charge in [0.2, 0.25) is 0 Å². The van der Waals surface area contributed by atoms with Crippen LogP contribution < -0.4 is 0 Å². The van der Waals surface area contributed by atoms with E-state index in [1.807, 2.05) is 18.2 Å². The Kier molecular flexibility index (Phi) is 2.68. The van der Waals surface area contributed by atoms with Gasteiger partial charge in [-0.15, -0.1) is 0 Å². The summed E-state index contributed by atoms with van der Waals surface area (Å²) in [4.78, 5) is 10.6. The average molecular weight is 242 g/mol. The number of hydrogen-bond acceptors (Lipinski definition) is 2. The number of aldehydes is 1. The van der Waals surface area contributed by atoms with Crippen molar-refractivity contribution < 1.29 is 13.9 Å². The van der Waals surface area contributed by atoms with E-state index in [2.05, 4.69) is 0 Å². The second kappa shape index (κ2) is 4.35. The Bertz CT molecular complexity index is 620. The predicted octanol–water partition coefficient (Wildman–Crippen LogP) is 3.34. The molecule has 2 aromatic carbocycles. The van der Waals surface area contributed by atoms with Crippen LogP contribution in [0.2, 0.25) is 0 Å². The van der Waals surface area contributed by atoms with Crippen LogP contribution in [0.5, 0.6) is 0 Å². The highest BCUT2D eigenvalue weighted by Gasteiger charge is 2.13. The maximum atomic E-state index is 13.9. The molecule has 0 aromatic heterocycles. The van der Waals surface area contributed by atoms with Crippen LogP contribution in [0.1, 0.15) is 21.5 Å².